The predicted molar refractivity (Wildman–Crippen MR) is 113 cm³/mol. The van der Waals surface area contributed by atoms with Gasteiger partial charge in [-0.3, -0.25) is 0 Å². The van der Waals surface area contributed by atoms with Crippen molar-refractivity contribution in [1.82, 2.24) is 0 Å². The molecule has 1 aromatic rings. The van der Waals surface area contributed by atoms with E-state index in [1.54, 1.807) is 6.07 Å². The highest BCUT2D eigenvalue weighted by molar-refractivity contribution is 5.37. The van der Waals surface area contributed by atoms with Crippen molar-refractivity contribution in [3.05, 3.63) is 35.1 Å². The molecule has 2 fully saturated rings. The van der Waals surface area contributed by atoms with Crippen molar-refractivity contribution in [2.45, 2.75) is 90.9 Å². The van der Waals surface area contributed by atoms with Crippen LogP contribution in [-0.4, -0.2) is 0 Å². The van der Waals surface area contributed by atoms with Crippen molar-refractivity contribution in [3.8, 4) is 11.8 Å². The molecule has 27 heavy (non-hydrogen) atoms. The molecule has 0 aromatic heterocycles. The highest BCUT2D eigenvalue weighted by atomic mass is 19.1. The molecule has 0 nitrogen and oxygen atoms in total. The molecule has 0 N–H and O–H groups in total. The topological polar surface area (TPSA) is 0 Å². The Balaban J connectivity index is 1.46. The number of hydrogen-bond acceptors (Lipinski definition) is 0. The summed E-state index contributed by atoms with van der Waals surface area (Å²) in [4.78, 5) is 0. The zero-order valence-electron chi connectivity index (χ0n) is 17.4. The van der Waals surface area contributed by atoms with Gasteiger partial charge < -0.3 is 0 Å². The van der Waals surface area contributed by atoms with E-state index in [0.29, 0.717) is 5.92 Å². The molecule has 0 bridgehead atoms. The maximum absolute atomic E-state index is 14.1. The van der Waals surface area contributed by atoms with Crippen molar-refractivity contribution in [2.24, 2.45) is 23.7 Å². The Morgan fingerprint density at radius 1 is 0.889 bits per heavy atom. The average Bonchev–Trinajstić information content (AvgIpc) is 2.70. The molecule has 0 atom stereocenters. The van der Waals surface area contributed by atoms with Gasteiger partial charge in [0.15, 0.2) is 0 Å². The smallest absolute Gasteiger partial charge is 0.127 e. The van der Waals surface area contributed by atoms with Crippen LogP contribution >= 0.6 is 0 Å². The van der Waals surface area contributed by atoms with Crippen LogP contribution in [-0.2, 0) is 6.42 Å². The first-order chi connectivity index (χ1) is 13.2. The second-order valence-electron chi connectivity index (χ2n) is 9.01. The normalized spacial score (nSPS) is 28.4. The maximum atomic E-state index is 14.1. The van der Waals surface area contributed by atoms with Gasteiger partial charge in [0.2, 0.25) is 0 Å². The van der Waals surface area contributed by atoms with Gasteiger partial charge in [-0.2, -0.15) is 0 Å². The van der Waals surface area contributed by atoms with Crippen molar-refractivity contribution >= 4 is 0 Å². The lowest BCUT2D eigenvalue weighted by atomic mass is 9.69. The lowest BCUT2D eigenvalue weighted by molar-refractivity contribution is 0.154. The van der Waals surface area contributed by atoms with Crippen LogP contribution in [0.15, 0.2) is 18.2 Å². The number of rotatable bonds is 5. The van der Waals surface area contributed by atoms with Crippen molar-refractivity contribution in [1.29, 1.82) is 0 Å². The quantitative estimate of drug-likeness (QED) is 0.471. The summed E-state index contributed by atoms with van der Waals surface area (Å²) in [5.74, 6) is 10.0. The molecule has 148 valence electrons. The van der Waals surface area contributed by atoms with E-state index in [1.807, 2.05) is 12.1 Å². The summed E-state index contributed by atoms with van der Waals surface area (Å²) < 4.78 is 14.1. The molecule has 0 spiro atoms. The van der Waals surface area contributed by atoms with Crippen LogP contribution in [0.5, 0.6) is 0 Å². The number of halogens is 1. The molecule has 0 amide bonds. The highest BCUT2D eigenvalue weighted by Gasteiger charge is 2.30. The minimum Gasteiger partial charge on any atom is -0.207 e. The van der Waals surface area contributed by atoms with E-state index in [2.05, 4.69) is 25.7 Å². The van der Waals surface area contributed by atoms with Gasteiger partial charge in [0.05, 0.1) is 0 Å². The summed E-state index contributed by atoms with van der Waals surface area (Å²) in [6.07, 6.45) is 15.6. The standard InChI is InChI=1S/C26H37F/c1-3-5-20-9-14-23(15-10-20)24-16-11-21(12-17-24)7-8-22-13-18-25(6-4-2)26(27)19-22/h13,18-21,23-24H,3-6,9-12,14-17H2,1-2H3/t20-,21-,23-,24-. The zero-order chi connectivity index (χ0) is 19.1. The molecule has 0 aliphatic heterocycles. The molecule has 1 aromatic carbocycles. The fourth-order valence-corrected chi connectivity index (χ4v) is 5.37. The number of hydrogen-bond donors (Lipinski definition) is 0. The largest absolute Gasteiger partial charge is 0.207 e. The molecule has 1 heteroatoms. The van der Waals surface area contributed by atoms with E-state index in [1.165, 1.54) is 64.2 Å². The average molecular weight is 369 g/mol. The van der Waals surface area contributed by atoms with Gasteiger partial charge in [0.25, 0.3) is 0 Å². The van der Waals surface area contributed by atoms with Gasteiger partial charge in [-0.25, -0.2) is 4.39 Å². The van der Waals surface area contributed by atoms with Crippen molar-refractivity contribution in [2.75, 3.05) is 0 Å². The van der Waals surface area contributed by atoms with E-state index >= 15 is 0 Å². The van der Waals surface area contributed by atoms with E-state index < -0.39 is 0 Å². The third-order valence-corrected chi connectivity index (χ3v) is 7.02. The summed E-state index contributed by atoms with van der Waals surface area (Å²) in [7, 11) is 0. The zero-order valence-corrected chi connectivity index (χ0v) is 17.4. The summed E-state index contributed by atoms with van der Waals surface area (Å²) in [5.41, 5.74) is 1.65. The summed E-state index contributed by atoms with van der Waals surface area (Å²) >= 11 is 0. The van der Waals surface area contributed by atoms with Crippen molar-refractivity contribution in [3.63, 3.8) is 0 Å². The Bertz CT molecular complexity index is 634. The van der Waals surface area contributed by atoms with E-state index in [-0.39, 0.29) is 5.82 Å². The second kappa shape index (κ2) is 10.3. The monoisotopic (exact) mass is 368 g/mol. The van der Waals surface area contributed by atoms with Crippen molar-refractivity contribution < 1.29 is 4.39 Å². The Morgan fingerprint density at radius 2 is 1.56 bits per heavy atom. The SMILES string of the molecule is CCCc1ccc(C#C[C@H]2CC[C@H]([C@H]3CC[C@H](CCC)CC3)CC2)cc1F. The van der Waals surface area contributed by atoms with Gasteiger partial charge in [-0.1, -0.05) is 63.9 Å². The third-order valence-electron chi connectivity index (χ3n) is 7.02. The number of benzene rings is 1. The lowest BCUT2D eigenvalue weighted by Crippen LogP contribution is -2.25. The maximum Gasteiger partial charge on any atom is 0.127 e. The molecular weight excluding hydrogens is 331 g/mol. The first kappa shape index (κ1) is 20.4. The fraction of sp³-hybridized carbons (Fsp3) is 0.692. The molecule has 0 heterocycles. The molecule has 2 saturated carbocycles. The number of aryl methyl sites for hydroxylation is 1. The summed E-state index contributed by atoms with van der Waals surface area (Å²) in [5, 5.41) is 0. The lowest BCUT2D eigenvalue weighted by Gasteiger charge is -2.37. The molecule has 2 aliphatic rings. The van der Waals surface area contributed by atoms with Crippen LogP contribution in [0.3, 0.4) is 0 Å². The third kappa shape index (κ3) is 5.84. The fourth-order valence-electron chi connectivity index (χ4n) is 5.37. The summed E-state index contributed by atoms with van der Waals surface area (Å²) in [6, 6.07) is 5.52. The molecule has 0 saturated heterocycles. The van der Waals surface area contributed by atoms with Crippen LogP contribution in [0.25, 0.3) is 0 Å². The Kier molecular flexibility index (Phi) is 7.81. The molecule has 0 unspecified atom stereocenters. The van der Waals surface area contributed by atoms with Gasteiger partial charge in [0, 0.05) is 11.5 Å². The van der Waals surface area contributed by atoms with Crippen LogP contribution < -0.4 is 0 Å². The van der Waals surface area contributed by atoms with E-state index in [9.17, 15) is 4.39 Å². The predicted octanol–water partition coefficient (Wildman–Crippen LogP) is 7.54. The minimum atomic E-state index is -0.0916. The first-order valence-electron chi connectivity index (χ1n) is 11.5. The first-order valence-corrected chi connectivity index (χ1v) is 11.5. The second-order valence-corrected chi connectivity index (χ2v) is 9.01. The van der Waals surface area contributed by atoms with Crippen LogP contribution in [0.1, 0.15) is 95.6 Å². The van der Waals surface area contributed by atoms with Crippen LogP contribution in [0.4, 0.5) is 4.39 Å². The van der Waals surface area contributed by atoms with Gasteiger partial charge in [-0.15, -0.1) is 0 Å². The van der Waals surface area contributed by atoms with Gasteiger partial charge >= 0.3 is 0 Å². The molecule has 3 rings (SSSR count). The van der Waals surface area contributed by atoms with Crippen LogP contribution in [0.2, 0.25) is 0 Å². The minimum absolute atomic E-state index is 0.0916. The van der Waals surface area contributed by atoms with Gasteiger partial charge in [-0.05, 0) is 80.4 Å². The Labute approximate surface area is 166 Å². The molecule has 0 radical (unpaired) electrons. The Morgan fingerprint density at radius 3 is 2.15 bits per heavy atom. The van der Waals surface area contributed by atoms with Crippen LogP contribution in [0, 0.1) is 41.3 Å². The highest BCUT2D eigenvalue weighted by Crippen LogP contribution is 2.42. The summed E-state index contributed by atoms with van der Waals surface area (Å²) in [6.45, 7) is 4.41. The molecular formula is C26H37F. The Hall–Kier alpha value is -1.29. The van der Waals surface area contributed by atoms with Gasteiger partial charge in [0.1, 0.15) is 5.82 Å². The van der Waals surface area contributed by atoms with E-state index in [4.69, 9.17) is 0 Å². The molecule has 2 aliphatic carbocycles. The van der Waals surface area contributed by atoms with E-state index in [0.717, 1.165) is 41.7 Å².